The van der Waals surface area contributed by atoms with E-state index in [1.54, 1.807) is 39.1 Å². The number of aryl methyl sites for hydroxylation is 1. The summed E-state index contributed by atoms with van der Waals surface area (Å²) in [4.78, 5) is 0. The first-order valence-corrected chi connectivity index (χ1v) is 12.6. The van der Waals surface area contributed by atoms with Crippen LogP contribution < -0.4 is 9.47 Å². The van der Waals surface area contributed by atoms with Gasteiger partial charge in [-0.1, -0.05) is 24.3 Å². The van der Waals surface area contributed by atoms with Crippen molar-refractivity contribution in [3.05, 3.63) is 71.4 Å². The highest BCUT2D eigenvalue weighted by molar-refractivity contribution is 7.89. The van der Waals surface area contributed by atoms with E-state index in [0.717, 1.165) is 36.1 Å². The predicted octanol–water partition coefficient (Wildman–Crippen LogP) is 3.85. The van der Waals surface area contributed by atoms with Crippen LogP contribution in [0, 0.1) is 0 Å². The smallest absolute Gasteiger partial charge is 0.263 e. The molecule has 4 rings (SSSR count). The lowest BCUT2D eigenvalue weighted by Crippen LogP contribution is -2.37. The van der Waals surface area contributed by atoms with E-state index in [1.165, 1.54) is 4.31 Å². The van der Waals surface area contributed by atoms with Gasteiger partial charge in [-0.15, -0.1) is 0 Å². The first-order valence-electron chi connectivity index (χ1n) is 11.2. The lowest BCUT2D eigenvalue weighted by Gasteiger charge is -2.40. The highest BCUT2D eigenvalue weighted by Gasteiger charge is 2.43. The number of nitrogens with zero attached hydrogens (tertiary/aromatic N) is 3. The van der Waals surface area contributed by atoms with Gasteiger partial charge in [0.2, 0.25) is 0 Å². The summed E-state index contributed by atoms with van der Waals surface area (Å²) in [7, 11) is 2.74. The molecule has 34 heavy (non-hydrogen) atoms. The monoisotopic (exact) mass is 485 g/mol. The first kappa shape index (κ1) is 24.3. The maximum Gasteiger partial charge on any atom is 0.263 e. The van der Waals surface area contributed by atoms with Crippen LogP contribution in [-0.4, -0.2) is 43.8 Å². The van der Waals surface area contributed by atoms with Gasteiger partial charge in [-0.3, -0.25) is 4.68 Å². The molecule has 9 heteroatoms. The van der Waals surface area contributed by atoms with Crippen molar-refractivity contribution in [3.8, 4) is 11.5 Å². The van der Waals surface area contributed by atoms with Gasteiger partial charge in [0.25, 0.3) is 10.0 Å². The van der Waals surface area contributed by atoms with Crippen LogP contribution in [0.25, 0.3) is 0 Å². The maximum absolute atomic E-state index is 13.8. The van der Waals surface area contributed by atoms with Crippen LogP contribution in [0.2, 0.25) is 0 Å². The van der Waals surface area contributed by atoms with Crippen molar-refractivity contribution in [2.75, 3.05) is 21.3 Å². The topological polar surface area (TPSA) is 82.9 Å². The van der Waals surface area contributed by atoms with Crippen LogP contribution >= 0.6 is 0 Å². The molecular formula is C25H31N3O5S. The van der Waals surface area contributed by atoms with Gasteiger partial charge in [-0.25, -0.2) is 8.42 Å². The van der Waals surface area contributed by atoms with Crippen LogP contribution in [0.3, 0.4) is 0 Å². The number of rotatable bonds is 10. The van der Waals surface area contributed by atoms with Crippen molar-refractivity contribution in [2.45, 2.75) is 43.0 Å². The third-order valence-corrected chi connectivity index (χ3v) is 8.18. The largest absolute Gasteiger partial charge is 0.497 e. The third-order valence-electron chi connectivity index (χ3n) is 6.52. The Balaban J connectivity index is 1.68. The number of methoxy groups -OCH3 is 3. The number of aromatic nitrogens is 2. The normalized spacial score (nSPS) is 15.2. The minimum absolute atomic E-state index is 0.0235. The minimum Gasteiger partial charge on any atom is -0.497 e. The molecule has 182 valence electrons. The molecule has 1 saturated carbocycles. The Hall–Kier alpha value is -2.88. The van der Waals surface area contributed by atoms with Gasteiger partial charge in [-0.2, -0.15) is 9.40 Å². The maximum atomic E-state index is 13.8. The molecule has 1 heterocycles. The molecule has 0 saturated heterocycles. The van der Waals surface area contributed by atoms with Crippen molar-refractivity contribution in [3.63, 3.8) is 0 Å². The first-order chi connectivity index (χ1) is 16.3. The number of benzene rings is 2. The predicted molar refractivity (Wildman–Crippen MR) is 128 cm³/mol. The second-order valence-electron chi connectivity index (χ2n) is 8.51. The van der Waals surface area contributed by atoms with Gasteiger partial charge in [0.05, 0.1) is 19.9 Å². The summed E-state index contributed by atoms with van der Waals surface area (Å²) in [6.45, 7) is 0.388. The van der Waals surface area contributed by atoms with E-state index < -0.39 is 15.6 Å². The van der Waals surface area contributed by atoms with E-state index >= 15 is 0 Å². The lowest BCUT2D eigenvalue weighted by atomic mass is 9.77. The quantitative estimate of drug-likeness (QED) is 0.434. The molecule has 0 radical (unpaired) electrons. The van der Waals surface area contributed by atoms with Crippen LogP contribution in [0.15, 0.2) is 59.6 Å². The summed E-state index contributed by atoms with van der Waals surface area (Å²) in [6.07, 6.45) is 2.75. The molecular weight excluding hydrogens is 454 g/mol. The summed E-state index contributed by atoms with van der Waals surface area (Å²) < 4.78 is 47.0. The Morgan fingerprint density at radius 2 is 1.41 bits per heavy atom. The Labute approximate surface area is 201 Å². The fourth-order valence-corrected chi connectivity index (χ4v) is 5.67. The fourth-order valence-electron chi connectivity index (χ4n) is 4.28. The Kier molecular flexibility index (Phi) is 6.97. The zero-order chi connectivity index (χ0) is 24.3. The summed E-state index contributed by atoms with van der Waals surface area (Å²) in [5.74, 6) is 1.43. The van der Waals surface area contributed by atoms with Crippen LogP contribution in [0.1, 0.15) is 36.1 Å². The molecule has 2 aromatic carbocycles. The number of ether oxygens (including phenoxy) is 3. The molecule has 8 nitrogen and oxygen atoms in total. The highest BCUT2D eigenvalue weighted by atomic mass is 32.2. The van der Waals surface area contributed by atoms with E-state index in [-0.39, 0.29) is 18.1 Å². The van der Waals surface area contributed by atoms with E-state index in [2.05, 4.69) is 5.10 Å². The molecule has 0 N–H and O–H groups in total. The molecule has 0 spiro atoms. The standard InChI is InChI=1S/C25H31N3O5S/c1-27-23(25(33-4)14-5-15-25)16-24(26-27)34(29,30)28(17-19-6-10-21(31-2)11-7-19)18-20-8-12-22(32-3)13-9-20/h6-13,16H,5,14-15,17-18H2,1-4H3. The highest BCUT2D eigenvalue weighted by Crippen LogP contribution is 2.44. The fraction of sp³-hybridized carbons (Fsp3) is 0.400. The molecule has 1 aliphatic rings. The number of hydrogen-bond donors (Lipinski definition) is 0. The van der Waals surface area contributed by atoms with Gasteiger partial charge in [-0.05, 0) is 54.7 Å². The van der Waals surface area contributed by atoms with Gasteiger partial charge < -0.3 is 14.2 Å². The summed E-state index contributed by atoms with van der Waals surface area (Å²) >= 11 is 0. The summed E-state index contributed by atoms with van der Waals surface area (Å²) in [5.41, 5.74) is 2.02. The average molecular weight is 486 g/mol. The number of hydrogen-bond acceptors (Lipinski definition) is 6. The molecule has 1 aromatic heterocycles. The van der Waals surface area contributed by atoms with E-state index in [1.807, 2.05) is 48.5 Å². The molecule has 0 unspecified atom stereocenters. The average Bonchev–Trinajstić information content (AvgIpc) is 3.22. The number of sulfonamides is 1. The van der Waals surface area contributed by atoms with E-state index in [9.17, 15) is 8.42 Å². The molecule has 3 aromatic rings. The van der Waals surface area contributed by atoms with Crippen molar-refractivity contribution < 1.29 is 22.6 Å². The molecule has 1 aliphatic carbocycles. The van der Waals surface area contributed by atoms with Gasteiger partial charge >= 0.3 is 0 Å². The molecule has 0 aliphatic heterocycles. The Morgan fingerprint density at radius 1 is 0.912 bits per heavy atom. The summed E-state index contributed by atoms with van der Waals surface area (Å²) in [5, 5.41) is 4.43. The van der Waals surface area contributed by atoms with Crippen LogP contribution in [0.5, 0.6) is 11.5 Å². The Morgan fingerprint density at radius 3 is 1.79 bits per heavy atom. The molecule has 0 bridgehead atoms. The SMILES string of the molecule is COc1ccc(CN(Cc2ccc(OC)cc2)S(=O)(=O)c2cc(C3(OC)CCC3)n(C)n2)cc1. The second kappa shape index (κ2) is 9.77. The van der Waals surface area contributed by atoms with Crippen molar-refractivity contribution in [2.24, 2.45) is 7.05 Å². The zero-order valence-corrected chi connectivity index (χ0v) is 20.8. The summed E-state index contributed by atoms with van der Waals surface area (Å²) in [6, 6.07) is 16.4. The van der Waals surface area contributed by atoms with Crippen LogP contribution in [-0.2, 0) is 40.5 Å². The van der Waals surface area contributed by atoms with Gasteiger partial charge in [0, 0.05) is 33.3 Å². The zero-order valence-electron chi connectivity index (χ0n) is 20.0. The van der Waals surface area contributed by atoms with Crippen molar-refractivity contribution >= 4 is 10.0 Å². The lowest BCUT2D eigenvalue weighted by molar-refractivity contribution is -0.0836. The van der Waals surface area contributed by atoms with E-state index in [0.29, 0.717) is 11.5 Å². The van der Waals surface area contributed by atoms with Crippen molar-refractivity contribution in [1.82, 2.24) is 14.1 Å². The van der Waals surface area contributed by atoms with Crippen molar-refractivity contribution in [1.29, 1.82) is 0 Å². The third kappa shape index (κ3) is 4.68. The molecule has 0 amide bonds. The Bertz CT molecular complexity index is 1160. The van der Waals surface area contributed by atoms with Gasteiger partial charge in [0.1, 0.15) is 17.1 Å². The molecule has 0 atom stereocenters. The minimum atomic E-state index is -3.90. The molecule has 1 fully saturated rings. The van der Waals surface area contributed by atoms with Crippen LogP contribution in [0.4, 0.5) is 0 Å². The van der Waals surface area contributed by atoms with E-state index in [4.69, 9.17) is 14.2 Å². The van der Waals surface area contributed by atoms with Gasteiger partial charge in [0.15, 0.2) is 5.03 Å². The second-order valence-corrected chi connectivity index (χ2v) is 10.4.